The molecule has 0 aromatic heterocycles. The zero-order valence-electron chi connectivity index (χ0n) is 13.3. The Morgan fingerprint density at radius 1 is 1.05 bits per heavy atom. The fourth-order valence-corrected chi connectivity index (χ4v) is 3.14. The molecule has 0 spiro atoms. The normalized spacial score (nSPS) is 12.4. The van der Waals surface area contributed by atoms with Crippen LogP contribution in [0.15, 0.2) is 18.2 Å². The SMILES string of the molecule is CCCCCCCCC(Br)c1cc(C)ccc1OCC. The molecule has 0 N–H and O–H groups in total. The van der Waals surface area contributed by atoms with Crippen molar-refractivity contribution in [1.29, 1.82) is 0 Å². The van der Waals surface area contributed by atoms with Crippen molar-refractivity contribution in [2.24, 2.45) is 0 Å². The molecule has 0 aliphatic rings. The van der Waals surface area contributed by atoms with Crippen LogP contribution in [0, 0.1) is 6.92 Å². The summed E-state index contributed by atoms with van der Waals surface area (Å²) in [5.74, 6) is 1.03. The minimum absolute atomic E-state index is 0.412. The van der Waals surface area contributed by atoms with E-state index in [-0.39, 0.29) is 0 Å². The Bertz CT molecular complexity index is 376. The minimum atomic E-state index is 0.412. The second-order valence-corrected chi connectivity index (χ2v) is 6.60. The van der Waals surface area contributed by atoms with Crippen molar-refractivity contribution in [3.05, 3.63) is 29.3 Å². The third kappa shape index (κ3) is 6.30. The van der Waals surface area contributed by atoms with Crippen molar-refractivity contribution < 1.29 is 4.74 Å². The molecule has 0 radical (unpaired) electrons. The molecule has 0 aliphatic heterocycles. The van der Waals surface area contributed by atoms with Gasteiger partial charge >= 0.3 is 0 Å². The maximum atomic E-state index is 5.74. The third-order valence-corrected chi connectivity index (χ3v) is 4.56. The van der Waals surface area contributed by atoms with E-state index in [1.165, 1.54) is 56.1 Å². The zero-order valence-corrected chi connectivity index (χ0v) is 14.8. The molecular formula is C18H29BrO. The van der Waals surface area contributed by atoms with Gasteiger partial charge in [0.1, 0.15) is 5.75 Å². The third-order valence-electron chi connectivity index (χ3n) is 3.61. The molecule has 20 heavy (non-hydrogen) atoms. The highest BCUT2D eigenvalue weighted by atomic mass is 79.9. The van der Waals surface area contributed by atoms with E-state index in [4.69, 9.17) is 4.74 Å². The van der Waals surface area contributed by atoms with Crippen LogP contribution in [0.25, 0.3) is 0 Å². The predicted molar refractivity (Wildman–Crippen MR) is 92.0 cm³/mol. The lowest BCUT2D eigenvalue weighted by Crippen LogP contribution is -1.99. The average molecular weight is 341 g/mol. The van der Waals surface area contributed by atoms with Gasteiger partial charge in [0, 0.05) is 10.4 Å². The molecular weight excluding hydrogens is 312 g/mol. The molecule has 0 amide bonds. The van der Waals surface area contributed by atoms with Crippen LogP contribution in [0.3, 0.4) is 0 Å². The maximum absolute atomic E-state index is 5.74. The Kier molecular flexibility index (Phi) is 9.00. The van der Waals surface area contributed by atoms with Gasteiger partial charge in [0.15, 0.2) is 0 Å². The molecule has 0 bridgehead atoms. The van der Waals surface area contributed by atoms with Crippen molar-refractivity contribution in [1.82, 2.24) is 0 Å². The average Bonchev–Trinajstić information content (AvgIpc) is 2.44. The van der Waals surface area contributed by atoms with E-state index in [0.29, 0.717) is 4.83 Å². The highest BCUT2D eigenvalue weighted by Crippen LogP contribution is 2.35. The molecule has 114 valence electrons. The fourth-order valence-electron chi connectivity index (χ4n) is 2.46. The molecule has 1 unspecified atom stereocenters. The summed E-state index contributed by atoms with van der Waals surface area (Å²) in [5, 5.41) is 0. The number of aryl methyl sites for hydroxylation is 1. The maximum Gasteiger partial charge on any atom is 0.123 e. The summed E-state index contributed by atoms with van der Waals surface area (Å²) in [7, 11) is 0. The van der Waals surface area contributed by atoms with E-state index in [1.807, 2.05) is 6.92 Å². The minimum Gasteiger partial charge on any atom is -0.494 e. The monoisotopic (exact) mass is 340 g/mol. The summed E-state index contributed by atoms with van der Waals surface area (Å²) in [6.07, 6.45) is 9.29. The highest BCUT2D eigenvalue weighted by Gasteiger charge is 2.13. The molecule has 1 atom stereocenters. The van der Waals surface area contributed by atoms with E-state index >= 15 is 0 Å². The van der Waals surface area contributed by atoms with Gasteiger partial charge in [-0.05, 0) is 26.3 Å². The number of benzene rings is 1. The smallest absolute Gasteiger partial charge is 0.123 e. The molecule has 0 aliphatic carbocycles. The highest BCUT2D eigenvalue weighted by molar-refractivity contribution is 9.09. The van der Waals surface area contributed by atoms with Crippen molar-refractivity contribution in [3.63, 3.8) is 0 Å². The van der Waals surface area contributed by atoms with Crippen molar-refractivity contribution in [2.45, 2.75) is 70.5 Å². The number of hydrogen-bond donors (Lipinski definition) is 0. The van der Waals surface area contributed by atoms with E-state index in [9.17, 15) is 0 Å². The summed E-state index contributed by atoms with van der Waals surface area (Å²) in [6.45, 7) is 7.18. The first-order valence-corrected chi connectivity index (χ1v) is 8.98. The molecule has 0 saturated heterocycles. The summed E-state index contributed by atoms with van der Waals surface area (Å²) < 4.78 is 5.74. The van der Waals surface area contributed by atoms with Gasteiger partial charge in [0.25, 0.3) is 0 Å². The largest absolute Gasteiger partial charge is 0.494 e. The first-order valence-electron chi connectivity index (χ1n) is 8.06. The van der Waals surface area contributed by atoms with Gasteiger partial charge in [-0.2, -0.15) is 0 Å². The van der Waals surface area contributed by atoms with E-state index in [2.05, 4.69) is 48.0 Å². The van der Waals surface area contributed by atoms with Gasteiger partial charge in [-0.15, -0.1) is 0 Å². The van der Waals surface area contributed by atoms with Crippen molar-refractivity contribution >= 4 is 15.9 Å². The number of alkyl halides is 1. The molecule has 0 fully saturated rings. The summed E-state index contributed by atoms with van der Waals surface area (Å²) in [4.78, 5) is 0.412. The van der Waals surface area contributed by atoms with Gasteiger partial charge in [-0.1, -0.05) is 79.1 Å². The molecule has 0 saturated carbocycles. The molecule has 1 nitrogen and oxygen atoms in total. The molecule has 1 aromatic rings. The van der Waals surface area contributed by atoms with Crippen molar-refractivity contribution in [2.75, 3.05) is 6.61 Å². The van der Waals surface area contributed by atoms with Crippen LogP contribution in [0.1, 0.15) is 74.7 Å². The lowest BCUT2D eigenvalue weighted by atomic mass is 10.0. The second-order valence-electron chi connectivity index (χ2n) is 5.50. The number of ether oxygens (including phenoxy) is 1. The van der Waals surface area contributed by atoms with Gasteiger partial charge in [0.2, 0.25) is 0 Å². The van der Waals surface area contributed by atoms with Crippen LogP contribution in [-0.4, -0.2) is 6.61 Å². The number of unbranched alkanes of at least 4 members (excludes halogenated alkanes) is 5. The summed E-state index contributed by atoms with van der Waals surface area (Å²) in [5.41, 5.74) is 2.61. The number of rotatable bonds is 10. The fraction of sp³-hybridized carbons (Fsp3) is 0.667. The second kappa shape index (κ2) is 10.3. The topological polar surface area (TPSA) is 9.23 Å². The van der Waals surface area contributed by atoms with Gasteiger partial charge in [-0.25, -0.2) is 0 Å². The predicted octanol–water partition coefficient (Wildman–Crippen LogP) is 6.58. The Balaban J connectivity index is 2.45. The Labute approximate surface area is 133 Å². The first-order chi connectivity index (χ1) is 9.69. The van der Waals surface area contributed by atoms with Gasteiger partial charge in [-0.3, -0.25) is 0 Å². The number of halogens is 1. The molecule has 0 heterocycles. The molecule has 1 rings (SSSR count). The standard InChI is InChI=1S/C18H29BrO/c1-4-6-7-8-9-10-11-17(19)16-14-15(3)12-13-18(16)20-5-2/h12-14,17H,4-11H2,1-3H3. The van der Waals surface area contributed by atoms with Crippen LogP contribution in [0.5, 0.6) is 5.75 Å². The van der Waals surface area contributed by atoms with Crippen molar-refractivity contribution in [3.8, 4) is 5.75 Å². The Hall–Kier alpha value is -0.500. The first kappa shape index (κ1) is 17.6. The quantitative estimate of drug-likeness (QED) is 0.345. The van der Waals surface area contributed by atoms with Crippen LogP contribution in [-0.2, 0) is 0 Å². The number of hydrogen-bond acceptors (Lipinski definition) is 1. The van der Waals surface area contributed by atoms with Crippen LogP contribution in [0.2, 0.25) is 0 Å². The lowest BCUT2D eigenvalue weighted by Gasteiger charge is -2.16. The Morgan fingerprint density at radius 3 is 2.45 bits per heavy atom. The summed E-state index contributed by atoms with van der Waals surface area (Å²) in [6, 6.07) is 6.48. The zero-order chi connectivity index (χ0) is 14.8. The van der Waals surface area contributed by atoms with Gasteiger partial charge in [0.05, 0.1) is 6.61 Å². The molecule has 2 heteroatoms. The molecule has 1 aromatic carbocycles. The van der Waals surface area contributed by atoms with E-state index < -0.39 is 0 Å². The van der Waals surface area contributed by atoms with Crippen LogP contribution in [0.4, 0.5) is 0 Å². The lowest BCUT2D eigenvalue weighted by molar-refractivity contribution is 0.336. The van der Waals surface area contributed by atoms with Gasteiger partial charge < -0.3 is 4.74 Å². The Morgan fingerprint density at radius 2 is 1.75 bits per heavy atom. The van der Waals surface area contributed by atoms with Crippen LogP contribution >= 0.6 is 15.9 Å². The van der Waals surface area contributed by atoms with E-state index in [0.717, 1.165) is 12.4 Å². The summed E-state index contributed by atoms with van der Waals surface area (Å²) >= 11 is 3.84. The van der Waals surface area contributed by atoms with E-state index in [1.54, 1.807) is 0 Å². The van der Waals surface area contributed by atoms with Crippen LogP contribution < -0.4 is 4.74 Å².